The zero-order valence-corrected chi connectivity index (χ0v) is 14.2. The van der Waals surface area contributed by atoms with E-state index >= 15 is 0 Å². The minimum absolute atomic E-state index is 0.399. The average Bonchev–Trinajstić information content (AvgIpc) is 2.51. The van der Waals surface area contributed by atoms with Crippen molar-refractivity contribution in [1.82, 2.24) is 5.32 Å². The fourth-order valence-electron chi connectivity index (χ4n) is 2.36. The molecule has 1 aromatic carbocycles. The van der Waals surface area contributed by atoms with Gasteiger partial charge in [0.1, 0.15) is 5.60 Å². The molecule has 23 heavy (non-hydrogen) atoms. The maximum Gasteiger partial charge on any atom is 0.407 e. The van der Waals surface area contributed by atoms with E-state index in [1.54, 1.807) is 0 Å². The van der Waals surface area contributed by atoms with Crippen LogP contribution >= 0.6 is 0 Å². The van der Waals surface area contributed by atoms with E-state index in [0.717, 1.165) is 31.9 Å². The lowest BCUT2D eigenvalue weighted by atomic mass is 10.1. The zero-order chi connectivity index (χ0) is 16.7. The third-order valence-corrected chi connectivity index (χ3v) is 3.35. The minimum Gasteiger partial charge on any atom is -0.444 e. The Morgan fingerprint density at radius 1 is 1.30 bits per heavy atom. The van der Waals surface area contributed by atoms with Gasteiger partial charge in [0.05, 0.1) is 13.2 Å². The number of para-hydroxylation sites is 1. The largest absolute Gasteiger partial charge is 0.444 e. The number of carbonyl (C=O) groups is 1. The molecule has 2 rings (SSSR count). The monoisotopic (exact) mass is 318 g/mol. The van der Waals surface area contributed by atoms with E-state index in [9.17, 15) is 4.79 Å². The highest BCUT2D eigenvalue weighted by Gasteiger charge is 2.15. The Morgan fingerprint density at radius 2 is 2.00 bits per heavy atom. The zero-order valence-electron chi connectivity index (χ0n) is 14.2. The lowest BCUT2D eigenvalue weighted by Crippen LogP contribution is -2.36. The van der Waals surface area contributed by atoms with Crippen LogP contribution in [0, 0.1) is 0 Å². The van der Waals surface area contributed by atoms with Crippen molar-refractivity contribution >= 4 is 17.9 Å². The molecule has 126 valence electrons. The Hall–Kier alpha value is -2.01. The third-order valence-electron chi connectivity index (χ3n) is 3.35. The smallest absolute Gasteiger partial charge is 0.407 e. The number of rotatable bonds is 4. The summed E-state index contributed by atoms with van der Waals surface area (Å²) in [6.45, 7) is 9.31. The Kier molecular flexibility index (Phi) is 6.04. The summed E-state index contributed by atoms with van der Waals surface area (Å²) in [5.41, 5.74) is 1.86. The quantitative estimate of drug-likeness (QED) is 0.927. The van der Waals surface area contributed by atoms with Crippen molar-refractivity contribution < 1.29 is 14.3 Å². The summed E-state index contributed by atoms with van der Waals surface area (Å²) < 4.78 is 10.6. The molecule has 1 amide bonds. The van der Waals surface area contributed by atoms with Gasteiger partial charge in [0.25, 0.3) is 0 Å². The standard InChI is InChI=1S/C18H26N2O3/c1-18(2,3)23-17(21)19-10-6-8-15-7-4-5-9-16(15)20-11-13-22-14-12-20/h4-9H,10-14H2,1-3H3,(H,19,21). The Morgan fingerprint density at radius 3 is 2.70 bits per heavy atom. The fourth-order valence-corrected chi connectivity index (χ4v) is 2.36. The Labute approximate surface area is 138 Å². The number of benzene rings is 1. The summed E-state index contributed by atoms with van der Waals surface area (Å²) in [6.07, 6.45) is 3.56. The number of ether oxygens (including phenoxy) is 2. The summed E-state index contributed by atoms with van der Waals surface area (Å²) in [6, 6.07) is 8.26. The first kappa shape index (κ1) is 17.3. The predicted molar refractivity (Wildman–Crippen MR) is 92.7 cm³/mol. The van der Waals surface area contributed by atoms with Gasteiger partial charge in [0.2, 0.25) is 0 Å². The van der Waals surface area contributed by atoms with E-state index < -0.39 is 11.7 Å². The number of hydrogen-bond acceptors (Lipinski definition) is 4. The molecule has 0 unspecified atom stereocenters. The van der Waals surface area contributed by atoms with Gasteiger partial charge >= 0.3 is 6.09 Å². The second kappa shape index (κ2) is 8.02. The Bertz CT molecular complexity index is 543. The third kappa shape index (κ3) is 5.94. The molecule has 0 saturated carbocycles. The van der Waals surface area contributed by atoms with Gasteiger partial charge in [0, 0.05) is 25.3 Å². The number of nitrogens with zero attached hydrogens (tertiary/aromatic N) is 1. The summed E-state index contributed by atoms with van der Waals surface area (Å²) in [4.78, 5) is 13.9. The highest BCUT2D eigenvalue weighted by atomic mass is 16.6. The second-order valence-corrected chi connectivity index (χ2v) is 6.44. The highest BCUT2D eigenvalue weighted by Crippen LogP contribution is 2.22. The van der Waals surface area contributed by atoms with Crippen LogP contribution in [0.1, 0.15) is 26.3 Å². The fraction of sp³-hybridized carbons (Fsp3) is 0.500. The maximum absolute atomic E-state index is 11.6. The maximum atomic E-state index is 11.6. The van der Waals surface area contributed by atoms with Crippen molar-refractivity contribution in [3.63, 3.8) is 0 Å². The van der Waals surface area contributed by atoms with Crippen LogP contribution in [0.3, 0.4) is 0 Å². The summed E-state index contributed by atoms with van der Waals surface area (Å²) in [7, 11) is 0. The summed E-state index contributed by atoms with van der Waals surface area (Å²) in [5.74, 6) is 0. The molecule has 1 saturated heterocycles. The predicted octanol–water partition coefficient (Wildman–Crippen LogP) is 3.06. The van der Waals surface area contributed by atoms with Crippen LogP contribution in [0.15, 0.2) is 30.3 Å². The SMILES string of the molecule is CC(C)(C)OC(=O)NCC=Cc1ccccc1N1CCOCC1. The number of nitrogens with one attached hydrogen (secondary N) is 1. The molecule has 0 atom stereocenters. The van der Waals surface area contributed by atoms with Crippen LogP contribution in [-0.4, -0.2) is 44.5 Å². The van der Waals surface area contributed by atoms with Crippen molar-refractivity contribution in [2.45, 2.75) is 26.4 Å². The van der Waals surface area contributed by atoms with Crippen molar-refractivity contribution in [1.29, 1.82) is 0 Å². The number of anilines is 1. The van der Waals surface area contributed by atoms with Crippen LogP contribution in [0.25, 0.3) is 6.08 Å². The van der Waals surface area contributed by atoms with Crippen LogP contribution in [0.5, 0.6) is 0 Å². The molecular formula is C18H26N2O3. The first-order chi connectivity index (χ1) is 11.0. The van der Waals surface area contributed by atoms with Crippen molar-refractivity contribution in [3.8, 4) is 0 Å². The molecule has 0 spiro atoms. The number of hydrogen-bond donors (Lipinski definition) is 1. The first-order valence-corrected chi connectivity index (χ1v) is 8.01. The normalized spacial score (nSPS) is 15.7. The van der Waals surface area contributed by atoms with Crippen LogP contribution in [0.4, 0.5) is 10.5 Å². The minimum atomic E-state index is -0.475. The van der Waals surface area contributed by atoms with Crippen LogP contribution < -0.4 is 10.2 Å². The number of alkyl carbamates (subject to hydrolysis) is 1. The van der Waals surface area contributed by atoms with Gasteiger partial charge in [-0.3, -0.25) is 0 Å². The number of carbonyl (C=O) groups excluding carboxylic acids is 1. The molecule has 1 N–H and O–H groups in total. The molecule has 0 bridgehead atoms. The second-order valence-electron chi connectivity index (χ2n) is 6.44. The first-order valence-electron chi connectivity index (χ1n) is 8.01. The molecule has 1 aliphatic rings. The van der Waals surface area contributed by atoms with Gasteiger partial charge in [-0.1, -0.05) is 30.4 Å². The average molecular weight is 318 g/mol. The molecule has 5 nitrogen and oxygen atoms in total. The molecule has 1 heterocycles. The van der Waals surface area contributed by atoms with Gasteiger partial charge in [-0.15, -0.1) is 0 Å². The molecule has 0 aliphatic carbocycles. The van der Waals surface area contributed by atoms with E-state index in [4.69, 9.17) is 9.47 Å². The van der Waals surface area contributed by atoms with Crippen molar-refractivity contribution in [3.05, 3.63) is 35.9 Å². The van der Waals surface area contributed by atoms with Crippen LogP contribution in [0.2, 0.25) is 0 Å². The van der Waals surface area contributed by atoms with E-state index in [-0.39, 0.29) is 0 Å². The van der Waals surface area contributed by atoms with Crippen LogP contribution in [-0.2, 0) is 9.47 Å². The molecule has 1 fully saturated rings. The molecule has 1 aromatic rings. The van der Waals surface area contributed by atoms with Crippen molar-refractivity contribution in [2.75, 3.05) is 37.7 Å². The molecule has 0 radical (unpaired) electrons. The molecular weight excluding hydrogens is 292 g/mol. The lowest BCUT2D eigenvalue weighted by molar-refractivity contribution is 0.0534. The summed E-state index contributed by atoms with van der Waals surface area (Å²) in [5, 5.41) is 2.73. The van der Waals surface area contributed by atoms with Gasteiger partial charge in [-0.25, -0.2) is 4.79 Å². The van der Waals surface area contributed by atoms with Crippen molar-refractivity contribution in [2.24, 2.45) is 0 Å². The molecule has 0 aromatic heterocycles. The van der Waals surface area contributed by atoms with E-state index in [1.807, 2.05) is 45.1 Å². The number of morpholine rings is 1. The number of amides is 1. The lowest BCUT2D eigenvalue weighted by Gasteiger charge is -2.30. The molecule has 1 aliphatic heterocycles. The van der Waals surface area contributed by atoms with Gasteiger partial charge in [0.15, 0.2) is 0 Å². The van der Waals surface area contributed by atoms with Gasteiger partial charge in [-0.05, 0) is 32.4 Å². The summed E-state index contributed by atoms with van der Waals surface area (Å²) >= 11 is 0. The van der Waals surface area contributed by atoms with E-state index in [2.05, 4.69) is 22.3 Å². The van der Waals surface area contributed by atoms with Gasteiger partial charge in [-0.2, -0.15) is 0 Å². The van der Waals surface area contributed by atoms with Gasteiger partial charge < -0.3 is 19.7 Å². The van der Waals surface area contributed by atoms with E-state index in [0.29, 0.717) is 6.54 Å². The highest BCUT2D eigenvalue weighted by molar-refractivity contribution is 5.70. The molecule has 5 heteroatoms. The van der Waals surface area contributed by atoms with E-state index in [1.165, 1.54) is 5.69 Å². The topological polar surface area (TPSA) is 50.8 Å². The Balaban J connectivity index is 1.91.